The Labute approximate surface area is 114 Å². The largest absolute Gasteiger partial charge is 0.493 e. The van der Waals surface area contributed by atoms with Gasteiger partial charge in [0.2, 0.25) is 0 Å². The van der Waals surface area contributed by atoms with Crippen molar-refractivity contribution in [3.05, 3.63) is 29.8 Å². The lowest BCUT2D eigenvalue weighted by atomic mass is 9.99. The monoisotopic (exact) mass is 262 g/mol. The molecule has 19 heavy (non-hydrogen) atoms. The van der Waals surface area contributed by atoms with Crippen molar-refractivity contribution in [2.24, 2.45) is 0 Å². The van der Waals surface area contributed by atoms with Crippen LogP contribution in [-0.2, 0) is 4.74 Å². The number of ether oxygens (including phenoxy) is 2. The first-order valence-electron chi connectivity index (χ1n) is 7.09. The Morgan fingerprint density at radius 3 is 3.05 bits per heavy atom. The zero-order valence-electron chi connectivity index (χ0n) is 11.5. The smallest absolute Gasteiger partial charge is 0.124 e. The first kappa shape index (κ1) is 12.9. The zero-order valence-corrected chi connectivity index (χ0v) is 11.5. The van der Waals surface area contributed by atoms with Crippen LogP contribution in [0.1, 0.15) is 18.0 Å². The van der Waals surface area contributed by atoms with Crippen molar-refractivity contribution in [3.8, 4) is 5.75 Å². The second-order valence-corrected chi connectivity index (χ2v) is 5.33. The van der Waals surface area contributed by atoms with Crippen molar-refractivity contribution in [2.45, 2.75) is 18.6 Å². The fraction of sp³-hybridized carbons (Fsp3) is 0.600. The van der Waals surface area contributed by atoms with Gasteiger partial charge in [-0.1, -0.05) is 18.2 Å². The molecule has 2 heterocycles. The fourth-order valence-corrected chi connectivity index (χ4v) is 2.97. The van der Waals surface area contributed by atoms with E-state index in [0.29, 0.717) is 12.1 Å². The van der Waals surface area contributed by atoms with Crippen molar-refractivity contribution in [1.82, 2.24) is 10.2 Å². The van der Waals surface area contributed by atoms with Gasteiger partial charge in [-0.3, -0.25) is 4.90 Å². The van der Waals surface area contributed by atoms with Crippen molar-refractivity contribution in [1.29, 1.82) is 0 Å². The van der Waals surface area contributed by atoms with Crippen molar-refractivity contribution in [2.75, 3.05) is 39.9 Å². The molecule has 0 bridgehead atoms. The number of likely N-dealkylation sites (N-methyl/N-ethyl adjacent to an activating group) is 1. The molecule has 104 valence electrons. The van der Waals surface area contributed by atoms with Crippen molar-refractivity contribution in [3.63, 3.8) is 0 Å². The molecule has 0 saturated carbocycles. The number of hydrogen-bond acceptors (Lipinski definition) is 4. The van der Waals surface area contributed by atoms with Gasteiger partial charge in [0.1, 0.15) is 5.75 Å². The molecule has 2 aliphatic rings. The highest BCUT2D eigenvalue weighted by Gasteiger charge is 2.26. The molecule has 0 aromatic heterocycles. The van der Waals surface area contributed by atoms with Gasteiger partial charge in [-0.05, 0) is 13.1 Å². The first-order valence-corrected chi connectivity index (χ1v) is 7.09. The quantitative estimate of drug-likeness (QED) is 0.893. The van der Waals surface area contributed by atoms with E-state index in [1.807, 2.05) is 6.07 Å². The lowest BCUT2D eigenvalue weighted by Crippen LogP contribution is -2.45. The third kappa shape index (κ3) is 2.91. The molecule has 0 amide bonds. The summed E-state index contributed by atoms with van der Waals surface area (Å²) in [6.07, 6.45) is 1.35. The number of fused-ring (bicyclic) bond motifs is 1. The van der Waals surface area contributed by atoms with Gasteiger partial charge < -0.3 is 14.8 Å². The van der Waals surface area contributed by atoms with Crippen LogP contribution in [0.3, 0.4) is 0 Å². The third-order valence-corrected chi connectivity index (χ3v) is 3.95. The lowest BCUT2D eigenvalue weighted by Gasteiger charge is -2.36. The molecule has 2 unspecified atom stereocenters. The topological polar surface area (TPSA) is 33.7 Å². The summed E-state index contributed by atoms with van der Waals surface area (Å²) >= 11 is 0. The predicted octanol–water partition coefficient (Wildman–Crippen LogP) is 1.43. The summed E-state index contributed by atoms with van der Waals surface area (Å²) < 4.78 is 11.5. The molecule has 3 rings (SSSR count). The molecule has 1 N–H and O–H groups in total. The molecule has 1 aromatic carbocycles. The van der Waals surface area contributed by atoms with E-state index in [1.54, 1.807) is 0 Å². The number of nitrogens with zero attached hydrogens (tertiary/aromatic N) is 1. The SMILES string of the molecule is CN(CC1CNCCO1)C1CCOc2ccccc21. The lowest BCUT2D eigenvalue weighted by molar-refractivity contribution is -0.000781. The molecular weight excluding hydrogens is 240 g/mol. The van der Waals surface area contributed by atoms with Gasteiger partial charge >= 0.3 is 0 Å². The summed E-state index contributed by atoms with van der Waals surface area (Å²) in [5, 5.41) is 3.39. The Hall–Kier alpha value is -1.10. The average molecular weight is 262 g/mol. The normalized spacial score (nSPS) is 26.8. The Balaban J connectivity index is 1.68. The van der Waals surface area contributed by atoms with Crippen LogP contribution >= 0.6 is 0 Å². The maximum absolute atomic E-state index is 5.79. The summed E-state index contributed by atoms with van der Waals surface area (Å²) in [6, 6.07) is 8.81. The second kappa shape index (κ2) is 5.90. The van der Waals surface area contributed by atoms with Crippen molar-refractivity contribution >= 4 is 0 Å². The van der Waals surface area contributed by atoms with Crippen LogP contribution in [0.2, 0.25) is 0 Å². The van der Waals surface area contributed by atoms with E-state index < -0.39 is 0 Å². The van der Waals surface area contributed by atoms with Crippen LogP contribution in [-0.4, -0.2) is 50.9 Å². The van der Waals surface area contributed by atoms with Gasteiger partial charge in [-0.15, -0.1) is 0 Å². The molecule has 1 aromatic rings. The molecule has 2 aliphatic heterocycles. The molecule has 0 spiro atoms. The van der Waals surface area contributed by atoms with Crippen LogP contribution in [0, 0.1) is 0 Å². The minimum absolute atomic E-state index is 0.300. The van der Waals surface area contributed by atoms with E-state index in [9.17, 15) is 0 Å². The summed E-state index contributed by atoms with van der Waals surface area (Å²) in [5.41, 5.74) is 1.31. The number of morpholine rings is 1. The average Bonchev–Trinajstić information content (AvgIpc) is 2.47. The van der Waals surface area contributed by atoms with Gasteiger partial charge in [0.25, 0.3) is 0 Å². The molecule has 0 radical (unpaired) electrons. The van der Waals surface area contributed by atoms with Crippen molar-refractivity contribution < 1.29 is 9.47 Å². The number of benzene rings is 1. The van der Waals surface area contributed by atoms with Gasteiger partial charge in [-0.25, -0.2) is 0 Å². The van der Waals surface area contributed by atoms with E-state index >= 15 is 0 Å². The predicted molar refractivity (Wildman–Crippen MR) is 74.5 cm³/mol. The molecular formula is C15H22N2O2. The Bertz CT molecular complexity index is 418. The number of rotatable bonds is 3. The van der Waals surface area contributed by atoms with Crippen LogP contribution in [0.4, 0.5) is 0 Å². The Kier molecular flexibility index (Phi) is 4.01. The maximum Gasteiger partial charge on any atom is 0.124 e. The van der Waals surface area contributed by atoms with E-state index in [0.717, 1.165) is 45.0 Å². The standard InChI is InChI=1S/C15H22N2O2/c1-17(11-12-10-16-7-9-18-12)14-6-8-19-15-5-3-2-4-13(14)15/h2-5,12,14,16H,6-11H2,1H3. The van der Waals surface area contributed by atoms with Crippen LogP contribution < -0.4 is 10.1 Å². The minimum atomic E-state index is 0.300. The van der Waals surface area contributed by atoms with Crippen LogP contribution in [0.5, 0.6) is 5.75 Å². The Morgan fingerprint density at radius 1 is 1.32 bits per heavy atom. The molecule has 1 saturated heterocycles. The minimum Gasteiger partial charge on any atom is -0.493 e. The zero-order chi connectivity index (χ0) is 13.1. The highest BCUT2D eigenvalue weighted by Crippen LogP contribution is 2.35. The van der Waals surface area contributed by atoms with Gasteiger partial charge in [0.05, 0.1) is 19.3 Å². The van der Waals surface area contributed by atoms with Gasteiger partial charge in [-0.2, -0.15) is 0 Å². The van der Waals surface area contributed by atoms with Crippen LogP contribution in [0.25, 0.3) is 0 Å². The summed E-state index contributed by atoms with van der Waals surface area (Å²) in [4.78, 5) is 2.40. The number of nitrogens with one attached hydrogen (secondary N) is 1. The van der Waals surface area contributed by atoms with Gasteiger partial charge in [0, 0.05) is 37.7 Å². The molecule has 4 heteroatoms. The maximum atomic E-state index is 5.79. The van der Waals surface area contributed by atoms with E-state index in [1.165, 1.54) is 5.56 Å². The third-order valence-electron chi connectivity index (χ3n) is 3.95. The molecule has 1 fully saturated rings. The molecule has 0 aliphatic carbocycles. The Morgan fingerprint density at radius 2 is 2.21 bits per heavy atom. The van der Waals surface area contributed by atoms with Crippen LogP contribution in [0.15, 0.2) is 24.3 Å². The summed E-state index contributed by atoms with van der Waals surface area (Å²) in [7, 11) is 2.19. The van der Waals surface area contributed by atoms with E-state index in [2.05, 4.69) is 35.5 Å². The van der Waals surface area contributed by atoms with E-state index in [-0.39, 0.29) is 0 Å². The number of hydrogen-bond donors (Lipinski definition) is 1. The van der Waals surface area contributed by atoms with Gasteiger partial charge in [0.15, 0.2) is 0 Å². The highest BCUT2D eigenvalue weighted by atomic mass is 16.5. The first-order chi connectivity index (χ1) is 9.34. The van der Waals surface area contributed by atoms with E-state index in [4.69, 9.17) is 9.47 Å². The highest BCUT2D eigenvalue weighted by molar-refractivity contribution is 5.37. The summed E-state index contributed by atoms with van der Waals surface area (Å²) in [5.74, 6) is 1.04. The number of para-hydroxylation sites is 1. The molecule has 4 nitrogen and oxygen atoms in total. The summed E-state index contributed by atoms with van der Waals surface area (Å²) in [6.45, 7) is 4.51. The second-order valence-electron chi connectivity index (χ2n) is 5.33. The fourth-order valence-electron chi connectivity index (χ4n) is 2.97. The molecule has 2 atom stereocenters.